The molecule has 1 rings (SSSR count). The molecule has 1 fully saturated rings. The minimum Gasteiger partial charge on any atom is -0.444 e. The van der Waals surface area contributed by atoms with Crippen molar-refractivity contribution in [1.82, 2.24) is 10.6 Å². The highest BCUT2D eigenvalue weighted by Crippen LogP contribution is 2.17. The van der Waals surface area contributed by atoms with Crippen LogP contribution in [0, 0.1) is 0 Å². The van der Waals surface area contributed by atoms with Crippen molar-refractivity contribution in [3.05, 3.63) is 12.2 Å². The maximum absolute atomic E-state index is 11.4. The molecule has 0 spiro atoms. The van der Waals surface area contributed by atoms with Crippen molar-refractivity contribution in [2.24, 2.45) is 0 Å². The lowest BCUT2D eigenvalue weighted by Crippen LogP contribution is -2.39. The Bertz CT molecular complexity index is 348. The first-order valence-corrected chi connectivity index (χ1v) is 8.37. The van der Waals surface area contributed by atoms with E-state index in [0.29, 0.717) is 18.7 Å². The van der Waals surface area contributed by atoms with Gasteiger partial charge >= 0.3 is 6.09 Å². The van der Waals surface area contributed by atoms with Crippen molar-refractivity contribution >= 4 is 6.09 Å². The molecule has 1 amide bonds. The molecule has 2 N–H and O–H groups in total. The van der Waals surface area contributed by atoms with Gasteiger partial charge in [-0.1, -0.05) is 25.5 Å². The summed E-state index contributed by atoms with van der Waals surface area (Å²) < 4.78 is 10.9. The zero-order valence-electron chi connectivity index (χ0n) is 14.5. The first kappa shape index (κ1) is 19.0. The van der Waals surface area contributed by atoms with Crippen molar-refractivity contribution in [3.63, 3.8) is 0 Å². The Morgan fingerprint density at radius 1 is 1.32 bits per heavy atom. The third-order valence-electron chi connectivity index (χ3n) is 3.43. The first-order valence-electron chi connectivity index (χ1n) is 8.37. The fraction of sp³-hybridized carbons (Fsp3) is 0.824. The highest BCUT2D eigenvalue weighted by atomic mass is 16.6. The van der Waals surface area contributed by atoms with Gasteiger partial charge in [-0.2, -0.15) is 0 Å². The topological polar surface area (TPSA) is 59.6 Å². The van der Waals surface area contributed by atoms with E-state index in [1.807, 2.05) is 32.9 Å². The molecule has 1 aliphatic rings. The van der Waals surface area contributed by atoms with Gasteiger partial charge in [0.2, 0.25) is 0 Å². The van der Waals surface area contributed by atoms with E-state index >= 15 is 0 Å². The fourth-order valence-corrected chi connectivity index (χ4v) is 2.45. The predicted octanol–water partition coefficient (Wildman–Crippen LogP) is 3.00. The molecule has 1 saturated heterocycles. The standard InChI is InChI=1S/C17H32N2O3/c1-5-8-15-13-14(9-12-21-15)18-10-6-7-11-19-16(20)22-17(2,3)4/h6-7,14-15,18H,5,8-13H2,1-4H3,(H,19,20)/b7-6+. The van der Waals surface area contributed by atoms with E-state index in [9.17, 15) is 4.79 Å². The zero-order valence-corrected chi connectivity index (χ0v) is 14.5. The average Bonchev–Trinajstić information content (AvgIpc) is 2.41. The summed E-state index contributed by atoms with van der Waals surface area (Å²) in [6.45, 7) is 9.92. The van der Waals surface area contributed by atoms with E-state index in [2.05, 4.69) is 17.6 Å². The molecule has 0 aromatic carbocycles. The Labute approximate surface area is 134 Å². The Morgan fingerprint density at radius 3 is 2.73 bits per heavy atom. The first-order chi connectivity index (χ1) is 10.4. The van der Waals surface area contributed by atoms with Gasteiger partial charge in [0.25, 0.3) is 0 Å². The van der Waals surface area contributed by atoms with Gasteiger partial charge in [0.05, 0.1) is 6.10 Å². The van der Waals surface area contributed by atoms with Gasteiger partial charge in [-0.15, -0.1) is 0 Å². The van der Waals surface area contributed by atoms with Gasteiger partial charge < -0.3 is 20.1 Å². The van der Waals surface area contributed by atoms with Gasteiger partial charge in [0, 0.05) is 25.7 Å². The highest BCUT2D eigenvalue weighted by Gasteiger charge is 2.20. The van der Waals surface area contributed by atoms with Crippen LogP contribution >= 0.6 is 0 Å². The molecule has 0 bridgehead atoms. The molecule has 0 radical (unpaired) electrons. The van der Waals surface area contributed by atoms with Crippen molar-refractivity contribution in [2.45, 2.75) is 71.1 Å². The number of carbonyl (C=O) groups excluding carboxylic acids is 1. The molecule has 5 heteroatoms. The molecular formula is C17H32N2O3. The van der Waals surface area contributed by atoms with Crippen LogP contribution in [0.3, 0.4) is 0 Å². The van der Waals surface area contributed by atoms with E-state index in [1.54, 1.807) is 0 Å². The van der Waals surface area contributed by atoms with Crippen molar-refractivity contribution in [1.29, 1.82) is 0 Å². The van der Waals surface area contributed by atoms with Crippen LogP contribution in [0.25, 0.3) is 0 Å². The summed E-state index contributed by atoms with van der Waals surface area (Å²) in [4.78, 5) is 11.4. The third kappa shape index (κ3) is 9.05. The Balaban J connectivity index is 2.10. The predicted molar refractivity (Wildman–Crippen MR) is 89.0 cm³/mol. The molecule has 1 heterocycles. The molecule has 128 valence electrons. The smallest absolute Gasteiger partial charge is 0.407 e. The normalized spacial score (nSPS) is 22.7. The second-order valence-electron chi connectivity index (χ2n) is 6.77. The quantitative estimate of drug-likeness (QED) is 0.710. The zero-order chi connectivity index (χ0) is 16.4. The Morgan fingerprint density at radius 2 is 2.05 bits per heavy atom. The molecule has 2 unspecified atom stereocenters. The number of hydrogen-bond acceptors (Lipinski definition) is 4. The lowest BCUT2D eigenvalue weighted by molar-refractivity contribution is -0.00256. The Kier molecular flexibility index (Phi) is 8.49. The van der Waals surface area contributed by atoms with Gasteiger partial charge in [-0.05, 0) is 40.0 Å². The summed E-state index contributed by atoms with van der Waals surface area (Å²) in [5, 5.41) is 6.23. The number of alkyl carbamates (subject to hydrolysis) is 1. The van der Waals surface area contributed by atoms with Gasteiger partial charge in [0.15, 0.2) is 0 Å². The number of rotatable bonds is 7. The second-order valence-corrected chi connectivity index (χ2v) is 6.77. The van der Waals surface area contributed by atoms with Crippen molar-refractivity contribution < 1.29 is 14.3 Å². The molecule has 0 aromatic heterocycles. The number of carbonyl (C=O) groups is 1. The van der Waals surface area contributed by atoms with Crippen molar-refractivity contribution in [2.75, 3.05) is 19.7 Å². The van der Waals surface area contributed by atoms with Crippen LogP contribution in [0.5, 0.6) is 0 Å². The Hall–Kier alpha value is -1.07. The van der Waals surface area contributed by atoms with E-state index in [4.69, 9.17) is 9.47 Å². The molecule has 1 aliphatic heterocycles. The molecule has 0 saturated carbocycles. The number of amides is 1. The van der Waals surface area contributed by atoms with Crippen LogP contribution in [0.1, 0.15) is 53.4 Å². The number of ether oxygens (including phenoxy) is 2. The van der Waals surface area contributed by atoms with Gasteiger partial charge in [0.1, 0.15) is 5.60 Å². The minimum absolute atomic E-state index is 0.378. The van der Waals surface area contributed by atoms with Gasteiger partial charge in [-0.25, -0.2) is 4.79 Å². The van der Waals surface area contributed by atoms with Crippen molar-refractivity contribution in [3.8, 4) is 0 Å². The maximum atomic E-state index is 11.4. The molecule has 0 aromatic rings. The third-order valence-corrected chi connectivity index (χ3v) is 3.43. The highest BCUT2D eigenvalue weighted by molar-refractivity contribution is 5.67. The lowest BCUT2D eigenvalue weighted by Gasteiger charge is -2.29. The maximum Gasteiger partial charge on any atom is 0.407 e. The molecule has 5 nitrogen and oxygen atoms in total. The summed E-state index contributed by atoms with van der Waals surface area (Å²) in [5.41, 5.74) is -0.451. The minimum atomic E-state index is -0.451. The summed E-state index contributed by atoms with van der Waals surface area (Å²) in [5.74, 6) is 0. The molecular weight excluding hydrogens is 280 g/mol. The summed E-state index contributed by atoms with van der Waals surface area (Å²) >= 11 is 0. The SMILES string of the molecule is CCCC1CC(NC/C=C/CNC(=O)OC(C)(C)C)CCO1. The molecule has 2 atom stereocenters. The van der Waals surface area contributed by atoms with Crippen LogP contribution in [-0.4, -0.2) is 43.5 Å². The molecule has 22 heavy (non-hydrogen) atoms. The van der Waals surface area contributed by atoms with Crippen LogP contribution in [0.2, 0.25) is 0 Å². The van der Waals surface area contributed by atoms with Gasteiger partial charge in [-0.3, -0.25) is 0 Å². The van der Waals surface area contributed by atoms with E-state index in [1.165, 1.54) is 6.42 Å². The fourth-order valence-electron chi connectivity index (χ4n) is 2.45. The summed E-state index contributed by atoms with van der Waals surface area (Å²) in [6.07, 6.45) is 8.51. The monoisotopic (exact) mass is 312 g/mol. The number of hydrogen-bond donors (Lipinski definition) is 2. The average molecular weight is 312 g/mol. The van der Waals surface area contributed by atoms with Crippen LogP contribution < -0.4 is 10.6 Å². The van der Waals surface area contributed by atoms with Crippen LogP contribution in [0.4, 0.5) is 4.79 Å². The van der Waals surface area contributed by atoms with E-state index in [0.717, 1.165) is 32.4 Å². The largest absolute Gasteiger partial charge is 0.444 e. The van der Waals surface area contributed by atoms with Crippen LogP contribution in [-0.2, 0) is 9.47 Å². The van der Waals surface area contributed by atoms with E-state index < -0.39 is 5.60 Å². The second kappa shape index (κ2) is 9.85. The molecule has 0 aliphatic carbocycles. The van der Waals surface area contributed by atoms with Crippen LogP contribution in [0.15, 0.2) is 12.2 Å². The summed E-state index contributed by atoms with van der Waals surface area (Å²) in [7, 11) is 0. The summed E-state index contributed by atoms with van der Waals surface area (Å²) in [6, 6.07) is 0.536. The number of nitrogens with one attached hydrogen (secondary N) is 2. The lowest BCUT2D eigenvalue weighted by atomic mass is 10.0. The van der Waals surface area contributed by atoms with E-state index in [-0.39, 0.29) is 6.09 Å².